The van der Waals surface area contributed by atoms with Crippen molar-refractivity contribution in [3.8, 4) is 0 Å². The van der Waals surface area contributed by atoms with Crippen LogP contribution in [0.25, 0.3) is 0 Å². The van der Waals surface area contributed by atoms with Crippen molar-refractivity contribution >= 4 is 0 Å². The maximum absolute atomic E-state index is 5.05. The number of likely N-dealkylation sites (N-methyl/N-ethyl adjacent to an activating group) is 1. The molecule has 0 unspecified atom stereocenters. The van der Waals surface area contributed by atoms with E-state index in [9.17, 15) is 0 Å². The highest BCUT2D eigenvalue weighted by Crippen LogP contribution is 2.33. The van der Waals surface area contributed by atoms with Gasteiger partial charge in [-0.1, -0.05) is 13.8 Å². The molecule has 1 saturated carbocycles. The van der Waals surface area contributed by atoms with Crippen LogP contribution in [-0.4, -0.2) is 51.3 Å². The molecule has 0 spiro atoms. The van der Waals surface area contributed by atoms with Crippen LogP contribution in [0.4, 0.5) is 0 Å². The zero-order chi connectivity index (χ0) is 12.0. The minimum atomic E-state index is 0.781. The minimum Gasteiger partial charge on any atom is -0.383 e. The molecule has 1 N–H and O–H groups in total. The number of ether oxygens (including phenoxy) is 1. The topological polar surface area (TPSA) is 24.5 Å². The fraction of sp³-hybridized carbons (Fsp3) is 1.00. The molecule has 0 bridgehead atoms. The SMILES string of the molecule is COCCN(C)CCNC1CC(C(C)C)C1. The summed E-state index contributed by atoms with van der Waals surface area (Å²) in [5.74, 6) is 1.83. The number of nitrogens with zero attached hydrogens (tertiary/aromatic N) is 1. The first-order valence-corrected chi connectivity index (χ1v) is 6.54. The van der Waals surface area contributed by atoms with Crippen LogP contribution in [0.2, 0.25) is 0 Å². The number of methoxy groups -OCH3 is 1. The normalized spacial score (nSPS) is 25.1. The summed E-state index contributed by atoms with van der Waals surface area (Å²) in [5.41, 5.74) is 0. The van der Waals surface area contributed by atoms with Crippen molar-refractivity contribution in [2.24, 2.45) is 11.8 Å². The summed E-state index contributed by atoms with van der Waals surface area (Å²) in [6.07, 6.45) is 2.75. The molecule has 0 atom stereocenters. The summed E-state index contributed by atoms with van der Waals surface area (Å²) in [4.78, 5) is 2.31. The van der Waals surface area contributed by atoms with Crippen LogP contribution < -0.4 is 5.32 Å². The van der Waals surface area contributed by atoms with Gasteiger partial charge >= 0.3 is 0 Å². The Morgan fingerprint density at radius 3 is 2.56 bits per heavy atom. The van der Waals surface area contributed by atoms with E-state index in [1.165, 1.54) is 12.8 Å². The van der Waals surface area contributed by atoms with Crippen molar-refractivity contribution < 1.29 is 4.74 Å². The summed E-state index contributed by atoms with van der Waals surface area (Å²) >= 11 is 0. The van der Waals surface area contributed by atoms with Gasteiger partial charge in [-0.05, 0) is 31.7 Å². The maximum atomic E-state index is 5.05. The van der Waals surface area contributed by atoms with E-state index in [0.29, 0.717) is 0 Å². The summed E-state index contributed by atoms with van der Waals surface area (Å²) < 4.78 is 5.05. The number of rotatable bonds is 8. The van der Waals surface area contributed by atoms with Crippen molar-refractivity contribution in [1.29, 1.82) is 0 Å². The molecule has 1 fully saturated rings. The molecule has 0 aromatic heterocycles. The second kappa shape index (κ2) is 7.25. The van der Waals surface area contributed by atoms with Gasteiger partial charge in [-0.2, -0.15) is 0 Å². The zero-order valence-corrected chi connectivity index (χ0v) is 11.3. The van der Waals surface area contributed by atoms with E-state index in [0.717, 1.165) is 44.1 Å². The van der Waals surface area contributed by atoms with Crippen LogP contribution in [0.5, 0.6) is 0 Å². The molecule has 1 rings (SSSR count). The largest absolute Gasteiger partial charge is 0.383 e. The molecule has 3 nitrogen and oxygen atoms in total. The lowest BCUT2D eigenvalue weighted by molar-refractivity contribution is 0.149. The summed E-state index contributed by atoms with van der Waals surface area (Å²) in [6.45, 7) is 8.74. The molecule has 0 aliphatic heterocycles. The Hall–Kier alpha value is -0.120. The molecule has 1 aliphatic carbocycles. The fourth-order valence-electron chi connectivity index (χ4n) is 2.19. The van der Waals surface area contributed by atoms with Gasteiger partial charge in [0.25, 0.3) is 0 Å². The number of hydrogen-bond acceptors (Lipinski definition) is 3. The summed E-state index contributed by atoms with van der Waals surface area (Å²) in [7, 11) is 3.91. The van der Waals surface area contributed by atoms with Gasteiger partial charge in [-0.3, -0.25) is 0 Å². The van der Waals surface area contributed by atoms with E-state index in [1.54, 1.807) is 7.11 Å². The molecular formula is C13H28N2O. The van der Waals surface area contributed by atoms with E-state index in [2.05, 4.69) is 31.1 Å². The molecule has 0 saturated heterocycles. The first-order chi connectivity index (χ1) is 7.63. The van der Waals surface area contributed by atoms with Crippen molar-refractivity contribution in [3.05, 3.63) is 0 Å². The van der Waals surface area contributed by atoms with Gasteiger partial charge in [0.15, 0.2) is 0 Å². The third kappa shape index (κ3) is 4.81. The van der Waals surface area contributed by atoms with Crippen molar-refractivity contribution in [3.63, 3.8) is 0 Å². The first-order valence-electron chi connectivity index (χ1n) is 6.54. The lowest BCUT2D eigenvalue weighted by Crippen LogP contribution is -2.45. The molecule has 16 heavy (non-hydrogen) atoms. The highest BCUT2D eigenvalue weighted by atomic mass is 16.5. The Kier molecular flexibility index (Phi) is 6.32. The van der Waals surface area contributed by atoms with Crippen LogP contribution in [0.3, 0.4) is 0 Å². The first kappa shape index (κ1) is 13.9. The average Bonchev–Trinajstić information content (AvgIpc) is 2.17. The van der Waals surface area contributed by atoms with Gasteiger partial charge in [0.1, 0.15) is 0 Å². The summed E-state index contributed by atoms with van der Waals surface area (Å²) in [5, 5.41) is 3.63. The molecule has 0 radical (unpaired) electrons. The van der Waals surface area contributed by atoms with E-state index in [-0.39, 0.29) is 0 Å². The van der Waals surface area contributed by atoms with Crippen LogP contribution >= 0.6 is 0 Å². The van der Waals surface area contributed by atoms with Gasteiger partial charge in [0.2, 0.25) is 0 Å². The predicted octanol–water partition coefficient (Wildman–Crippen LogP) is 1.59. The molecule has 0 aromatic carbocycles. The van der Waals surface area contributed by atoms with Crippen LogP contribution in [-0.2, 0) is 4.74 Å². The monoisotopic (exact) mass is 228 g/mol. The number of nitrogens with one attached hydrogen (secondary N) is 1. The molecule has 3 heteroatoms. The number of hydrogen-bond donors (Lipinski definition) is 1. The molecular weight excluding hydrogens is 200 g/mol. The smallest absolute Gasteiger partial charge is 0.0589 e. The maximum Gasteiger partial charge on any atom is 0.0589 e. The lowest BCUT2D eigenvalue weighted by atomic mass is 9.74. The van der Waals surface area contributed by atoms with Gasteiger partial charge < -0.3 is 15.0 Å². The van der Waals surface area contributed by atoms with Crippen molar-refractivity contribution in [1.82, 2.24) is 10.2 Å². The highest BCUT2D eigenvalue weighted by Gasteiger charge is 2.30. The van der Waals surface area contributed by atoms with Gasteiger partial charge in [0, 0.05) is 32.8 Å². The third-order valence-corrected chi connectivity index (χ3v) is 3.72. The van der Waals surface area contributed by atoms with Crippen LogP contribution in [0, 0.1) is 11.8 Å². The van der Waals surface area contributed by atoms with E-state index in [1.807, 2.05) is 0 Å². The highest BCUT2D eigenvalue weighted by molar-refractivity contribution is 4.86. The van der Waals surface area contributed by atoms with Crippen molar-refractivity contribution in [2.75, 3.05) is 40.4 Å². The fourth-order valence-corrected chi connectivity index (χ4v) is 2.19. The van der Waals surface area contributed by atoms with E-state index >= 15 is 0 Å². The third-order valence-electron chi connectivity index (χ3n) is 3.72. The standard InChI is InChI=1S/C13H28N2O/c1-11(2)12-9-13(10-12)14-5-6-15(3)7-8-16-4/h11-14H,5-10H2,1-4H3. The van der Waals surface area contributed by atoms with E-state index in [4.69, 9.17) is 4.74 Å². The quantitative estimate of drug-likeness (QED) is 0.683. The second-order valence-electron chi connectivity index (χ2n) is 5.42. The minimum absolute atomic E-state index is 0.781. The van der Waals surface area contributed by atoms with Crippen LogP contribution in [0.1, 0.15) is 26.7 Å². The van der Waals surface area contributed by atoms with Crippen LogP contribution in [0.15, 0.2) is 0 Å². The van der Waals surface area contributed by atoms with Crippen molar-refractivity contribution in [2.45, 2.75) is 32.7 Å². The summed E-state index contributed by atoms with van der Waals surface area (Å²) in [6, 6.07) is 0.781. The Bertz CT molecular complexity index is 179. The Morgan fingerprint density at radius 2 is 2.00 bits per heavy atom. The molecule has 1 aliphatic rings. The van der Waals surface area contributed by atoms with Gasteiger partial charge in [0.05, 0.1) is 6.61 Å². The molecule has 96 valence electrons. The second-order valence-corrected chi connectivity index (χ2v) is 5.42. The molecule has 0 heterocycles. The van der Waals surface area contributed by atoms with E-state index < -0.39 is 0 Å². The zero-order valence-electron chi connectivity index (χ0n) is 11.3. The lowest BCUT2D eigenvalue weighted by Gasteiger charge is -2.39. The predicted molar refractivity (Wildman–Crippen MR) is 68.7 cm³/mol. The Labute approximate surface area is 101 Å². The molecule has 0 aromatic rings. The van der Waals surface area contributed by atoms with Gasteiger partial charge in [-0.25, -0.2) is 0 Å². The van der Waals surface area contributed by atoms with Gasteiger partial charge in [-0.15, -0.1) is 0 Å². The average molecular weight is 228 g/mol. The Morgan fingerprint density at radius 1 is 1.31 bits per heavy atom. The Balaban J connectivity index is 1.93. The molecule has 0 amide bonds.